The number of rotatable bonds is 20. The van der Waals surface area contributed by atoms with Crippen LogP contribution in [-0.4, -0.2) is 204 Å². The van der Waals surface area contributed by atoms with Crippen molar-refractivity contribution < 1.29 is 112 Å². The highest BCUT2D eigenvalue weighted by molar-refractivity contribution is 6.32. The number of fused-ring (bicyclic) bond motifs is 15. The van der Waals surface area contributed by atoms with E-state index in [-0.39, 0.29) is 109 Å². The molecule has 17 rings (SSSR count). The first-order chi connectivity index (χ1) is 60.0. The Balaban J connectivity index is 0.951. The average molecular weight is 1770 g/mol. The fourth-order valence-electron chi connectivity index (χ4n) is 18.8. The van der Waals surface area contributed by atoms with E-state index in [0.717, 1.165) is 63.5 Å². The number of nitrogens with zero attached hydrogens (tertiary/aromatic N) is 1. The smallest absolute Gasteiger partial charge is 0.325 e. The zero-order valence-electron chi connectivity index (χ0n) is 70.8. The molecule has 126 heavy (non-hydrogen) atoms. The predicted octanol–water partition coefficient (Wildman–Crippen LogP) is 5.08. The molecule has 0 spiro atoms. The minimum atomic E-state index is -2.35. The van der Waals surface area contributed by atoms with Crippen molar-refractivity contribution in [1.29, 1.82) is 0 Å². The molecule has 18 atom stereocenters. The van der Waals surface area contributed by atoms with Crippen molar-refractivity contribution in [2.24, 2.45) is 35.3 Å². The van der Waals surface area contributed by atoms with Crippen LogP contribution in [0.15, 0.2) is 97.2 Å². The molecule has 21 N–H and O–H groups in total. The molecule has 4 saturated carbocycles. The van der Waals surface area contributed by atoms with Gasteiger partial charge in [0.25, 0.3) is 0 Å². The normalized spacial score (nSPS) is 30.2. The first-order valence-corrected chi connectivity index (χ1v) is 43.1. The lowest BCUT2D eigenvalue weighted by Crippen LogP contribution is -2.64. The van der Waals surface area contributed by atoms with Gasteiger partial charge in [-0.15, -0.1) is 0 Å². The van der Waals surface area contributed by atoms with Crippen molar-refractivity contribution in [1.82, 2.24) is 52.8 Å². The van der Waals surface area contributed by atoms with Crippen LogP contribution in [0.1, 0.15) is 175 Å². The Kier molecular flexibility index (Phi) is 27.8. The highest BCUT2D eigenvalue weighted by atomic mass is 35.5. The number of aliphatic hydroxyl groups is 6. The van der Waals surface area contributed by atoms with Crippen molar-refractivity contribution in [2.75, 3.05) is 30.8 Å². The van der Waals surface area contributed by atoms with E-state index in [1.807, 2.05) is 13.8 Å². The number of aromatic hydroxyl groups is 2. The third kappa shape index (κ3) is 19.9. The molecule has 10 amide bonds. The van der Waals surface area contributed by atoms with Gasteiger partial charge < -0.3 is 128 Å². The molecule has 7 aliphatic heterocycles. The Morgan fingerprint density at radius 1 is 0.706 bits per heavy atom. The Labute approximate surface area is 731 Å². The summed E-state index contributed by atoms with van der Waals surface area (Å²) in [6, 6.07) is 4.16. The summed E-state index contributed by atoms with van der Waals surface area (Å²) in [7, 11) is 1.50. The summed E-state index contributed by atoms with van der Waals surface area (Å²) in [5.74, 6) is -10.8. The van der Waals surface area contributed by atoms with Gasteiger partial charge in [0.2, 0.25) is 59.3 Å². The van der Waals surface area contributed by atoms with E-state index in [9.17, 15) is 55.2 Å². The molecule has 4 aliphatic carbocycles. The minimum absolute atomic E-state index is 0.0448. The van der Waals surface area contributed by atoms with E-state index in [4.69, 9.17) is 45.8 Å². The van der Waals surface area contributed by atoms with Crippen LogP contribution in [0.4, 0.5) is 16.3 Å². The zero-order chi connectivity index (χ0) is 90.2. The van der Waals surface area contributed by atoms with Crippen molar-refractivity contribution in [3.05, 3.63) is 141 Å². The number of amides is 10. The van der Waals surface area contributed by atoms with Crippen LogP contribution in [0, 0.1) is 43.4 Å². The van der Waals surface area contributed by atoms with Crippen molar-refractivity contribution in [2.45, 2.75) is 234 Å². The molecule has 2 saturated heterocycles. The number of nitrogens with two attached hydrogens (primary N) is 1. The SMILES string of the molecule is CCCCCNc1ccc(NC(=O)NC(=O)C[C@@H]2NC(=O)[C@H](NC(=O)[C@@H](CC(C)C)NC)[C@H](O)c3ccc(c(C)c3)Oc3cc4cc(c3O[C@@H]3O[C@H](CO)[C@@H](O)[C@H](O)[C@H]3O[C@H]3C[C@](C)(N)[C@H](O)[C@H](C)O3)Oc3ccc(cc3Cl)[C@@H](O)[C@@H]3NC(=O)[C@H](NC(=O)[C@@H]4NC2=O)c2ccc(O)c(c2)-c2c(C)cc(O)cc2[C@@H](C(=O)NC2C4CC5CC(C4)CC2C5)NC3=O)cn1. The summed E-state index contributed by atoms with van der Waals surface area (Å²) < 4.78 is 39.4. The molecule has 37 heteroatoms. The second kappa shape index (κ2) is 38.4. The van der Waals surface area contributed by atoms with Crippen LogP contribution in [0.5, 0.6) is 40.2 Å². The number of carbonyl (C=O) groups excluding carboxylic acids is 9. The van der Waals surface area contributed by atoms with E-state index in [2.05, 4.69) is 70.4 Å². The van der Waals surface area contributed by atoms with E-state index in [0.29, 0.717) is 24.2 Å². The number of likely N-dealkylation sites (N-methyl/N-ethyl adjacent to an activating group) is 1. The Hall–Kier alpha value is -10.9. The van der Waals surface area contributed by atoms with Gasteiger partial charge in [-0.1, -0.05) is 63.4 Å². The number of carbonyl (C=O) groups is 9. The topological polar surface area (TPSA) is 542 Å². The summed E-state index contributed by atoms with van der Waals surface area (Å²) in [6.45, 7) is 11.5. The number of urea groups is 1. The number of ether oxygens (including phenoxy) is 6. The van der Waals surface area contributed by atoms with Gasteiger partial charge in [-0.05, 0) is 227 Å². The fraction of sp³-hybridized carbons (Fsp3) is 0.506. The van der Waals surface area contributed by atoms with Gasteiger partial charge >= 0.3 is 6.03 Å². The quantitative estimate of drug-likeness (QED) is 0.0443. The lowest BCUT2D eigenvalue weighted by atomic mass is 9.54. The monoisotopic (exact) mass is 1760 g/mol. The minimum Gasteiger partial charge on any atom is -0.508 e. The van der Waals surface area contributed by atoms with E-state index >= 15 is 28.8 Å². The lowest BCUT2D eigenvalue weighted by Gasteiger charge is -2.54. The van der Waals surface area contributed by atoms with E-state index < -0.39 is 204 Å². The summed E-state index contributed by atoms with van der Waals surface area (Å²) in [5.41, 5.74) is 4.82. The standard InChI is InChI=1S/C89H110ClN13O23/c1-9-10-11-20-93-63-19-15-50(36-94-63)95-88(120)97-64(107)34-56-81(114)99-69-49-31-60(122-58-17-13-45(22-39(58)4)73(108)71(85(118)96-56)102-80(113)55(92-8)21-38(2)3)77(126-87-78(76(111)75(110)62(37-104)124-87)125-65-35-89(7,91)79(112)41(6)121-65)61(32-49)123-59-18-14-46(30-54(59)90)74(109)72-86(119)101-70(84(117)98-67-47-25-42-24-43(27-47)28-48(67)26-42)53-33-51(105)23-40(5)66(53)52-29-44(12-16-57(52)106)68(82(115)103-72)100-83(69)116/h12-19,22-23,29-33,36,38,41-43,47-48,55-56,62,65,67-76,78-79,87,92,104-106,108-112H,9-11,20-21,24-28,34-35,37,91H2,1-8H3,(H,93,94)(H,96,118)(H,98,117)(H,99,114)(H,100,116)(H,101,119)(H,102,113)(H,103,115)(H2,95,97,107,120)/t41-,42?,43?,47?,48?,55+,56-,62+,65-,67?,68+,69+,70-,71+,72-,73+,74+,75+,76-,78+,79+,87-,89-/m0/s1. The molecule has 8 heterocycles. The molecule has 36 nitrogen and oxygen atoms in total. The van der Waals surface area contributed by atoms with Crippen molar-refractivity contribution in [3.63, 3.8) is 0 Å². The van der Waals surface area contributed by atoms with Gasteiger partial charge in [-0.2, -0.15) is 0 Å². The summed E-state index contributed by atoms with van der Waals surface area (Å²) >= 11 is 7.33. The Morgan fingerprint density at radius 3 is 2.02 bits per heavy atom. The second-order valence-electron chi connectivity index (χ2n) is 35.1. The molecular formula is C89H110ClN13O23. The summed E-state index contributed by atoms with van der Waals surface area (Å²) in [6.07, 6.45) is -9.76. The molecule has 1 aromatic heterocycles. The second-order valence-corrected chi connectivity index (χ2v) is 35.5. The third-order valence-corrected chi connectivity index (χ3v) is 25.4. The van der Waals surface area contributed by atoms with Crippen LogP contribution >= 0.6 is 11.6 Å². The van der Waals surface area contributed by atoms with E-state index in [1.165, 1.54) is 107 Å². The molecule has 0 radical (unpaired) electrons. The number of anilines is 2. The van der Waals surface area contributed by atoms with Crippen LogP contribution in [0.2, 0.25) is 5.02 Å². The maximum absolute atomic E-state index is 16.7. The van der Waals surface area contributed by atoms with Crippen LogP contribution in [0.3, 0.4) is 0 Å². The Bertz CT molecular complexity index is 5090. The summed E-state index contributed by atoms with van der Waals surface area (Å²) in [4.78, 5) is 144. The number of hydrogen-bond acceptors (Lipinski definition) is 27. The largest absolute Gasteiger partial charge is 0.508 e. The number of imide groups is 1. The molecule has 6 fully saturated rings. The number of hydrogen-bond donors (Lipinski definition) is 20. The van der Waals surface area contributed by atoms with Crippen molar-refractivity contribution in [3.8, 4) is 51.4 Å². The lowest BCUT2D eigenvalue weighted by molar-refractivity contribution is -0.333. The molecule has 15 bridgehead atoms. The number of phenolic OH excluding ortho intramolecular Hbond substituents is 2. The third-order valence-electron chi connectivity index (χ3n) is 25.1. The van der Waals surface area contributed by atoms with E-state index in [1.54, 1.807) is 13.0 Å². The molecule has 11 aliphatic rings. The number of aliphatic hydroxyl groups excluding tert-OH is 6. The van der Waals surface area contributed by atoms with Crippen LogP contribution in [-0.2, 0) is 52.6 Å². The van der Waals surface area contributed by atoms with Crippen LogP contribution < -0.4 is 78.4 Å². The molecule has 6 aromatic rings. The number of phenols is 2. The van der Waals surface area contributed by atoms with Crippen LogP contribution in [0.25, 0.3) is 11.1 Å². The first-order valence-electron chi connectivity index (χ1n) is 42.7. The molecule has 5 aromatic carbocycles. The number of nitrogens with one attached hydrogen (secondary N) is 11. The molecular weight excluding hydrogens is 1650 g/mol. The number of benzene rings is 5. The van der Waals surface area contributed by atoms with Gasteiger partial charge in [-0.3, -0.25) is 43.7 Å². The van der Waals surface area contributed by atoms with Crippen molar-refractivity contribution >= 4 is 76.4 Å². The first kappa shape index (κ1) is 91.3. The number of aromatic nitrogens is 1. The maximum Gasteiger partial charge on any atom is 0.325 e. The highest BCUT2D eigenvalue weighted by Crippen LogP contribution is 2.55. The summed E-state index contributed by atoms with van der Waals surface area (Å²) in [5, 5.41) is 125. The van der Waals surface area contributed by atoms with Gasteiger partial charge in [0.05, 0.1) is 48.2 Å². The maximum atomic E-state index is 16.7. The highest BCUT2D eigenvalue weighted by Gasteiger charge is 2.53. The molecule has 676 valence electrons. The van der Waals surface area contributed by atoms with Gasteiger partial charge in [-0.25, -0.2) is 9.78 Å². The zero-order valence-corrected chi connectivity index (χ0v) is 71.6. The predicted molar refractivity (Wildman–Crippen MR) is 454 cm³/mol. The van der Waals surface area contributed by atoms with Gasteiger partial charge in [0, 0.05) is 30.1 Å². The average Bonchev–Trinajstić information content (AvgIpc) is 0.750. The Morgan fingerprint density at radius 2 is 1.37 bits per heavy atom. The van der Waals surface area contributed by atoms with Gasteiger partial charge in [0.15, 0.2) is 23.9 Å². The number of halogens is 1. The van der Waals surface area contributed by atoms with Gasteiger partial charge in [0.1, 0.15) is 95.6 Å². The molecule has 0 unspecified atom stereocenters. The number of unbranched alkanes of at least 4 members (excludes halogenated alkanes) is 2. The number of pyridine rings is 1. The number of aryl methyl sites for hydroxylation is 2. The fourth-order valence-corrected chi connectivity index (χ4v) is 19.1.